The van der Waals surface area contributed by atoms with Crippen molar-refractivity contribution in [2.24, 2.45) is 0 Å². The number of benzene rings is 1. The molecule has 1 saturated heterocycles. The molecule has 76 valence electrons. The highest BCUT2D eigenvalue weighted by molar-refractivity contribution is 5.37. The van der Waals surface area contributed by atoms with E-state index in [4.69, 9.17) is 4.74 Å². The molecule has 1 atom stereocenters. The zero-order valence-corrected chi connectivity index (χ0v) is 9.26. The Bertz CT molecular complexity index is 314. The van der Waals surface area contributed by atoms with E-state index >= 15 is 0 Å². The first-order chi connectivity index (χ1) is 6.66. The highest BCUT2D eigenvalue weighted by atomic mass is 16.6. The summed E-state index contributed by atoms with van der Waals surface area (Å²) in [5.41, 5.74) is 5.75. The lowest BCUT2D eigenvalue weighted by Gasteiger charge is -2.10. The number of rotatable bonds is 3. The van der Waals surface area contributed by atoms with Crippen molar-refractivity contribution in [1.82, 2.24) is 0 Å². The molecular formula is C13H18O. The van der Waals surface area contributed by atoms with E-state index in [0.29, 0.717) is 6.10 Å². The van der Waals surface area contributed by atoms with Gasteiger partial charge < -0.3 is 4.74 Å². The van der Waals surface area contributed by atoms with Crippen LogP contribution in [-0.4, -0.2) is 12.7 Å². The number of aryl methyl sites for hydroxylation is 3. The van der Waals surface area contributed by atoms with Crippen molar-refractivity contribution < 1.29 is 4.74 Å². The average molecular weight is 190 g/mol. The number of epoxide rings is 1. The average Bonchev–Trinajstić information content (AvgIpc) is 2.85. The van der Waals surface area contributed by atoms with Crippen LogP contribution in [0.2, 0.25) is 0 Å². The Kier molecular flexibility index (Phi) is 2.60. The lowest BCUT2D eigenvalue weighted by molar-refractivity contribution is 0.396. The Balaban J connectivity index is 2.13. The SMILES string of the molecule is Cc1cc(C)c(CCC2CO2)c(C)c1. The van der Waals surface area contributed by atoms with E-state index in [0.717, 1.165) is 6.61 Å². The van der Waals surface area contributed by atoms with Crippen LogP contribution >= 0.6 is 0 Å². The first kappa shape index (κ1) is 9.72. The van der Waals surface area contributed by atoms with Crippen LogP contribution in [0.3, 0.4) is 0 Å². The van der Waals surface area contributed by atoms with Gasteiger partial charge in [0.15, 0.2) is 0 Å². The largest absolute Gasteiger partial charge is 0.373 e. The quantitative estimate of drug-likeness (QED) is 0.668. The van der Waals surface area contributed by atoms with Crippen molar-refractivity contribution >= 4 is 0 Å². The summed E-state index contributed by atoms with van der Waals surface area (Å²) >= 11 is 0. The molecule has 0 saturated carbocycles. The van der Waals surface area contributed by atoms with Gasteiger partial charge in [-0.3, -0.25) is 0 Å². The molecule has 1 nitrogen and oxygen atoms in total. The Labute approximate surface area is 86.1 Å². The third-order valence-electron chi connectivity index (χ3n) is 2.96. The monoisotopic (exact) mass is 190 g/mol. The number of hydrogen-bond donors (Lipinski definition) is 0. The van der Waals surface area contributed by atoms with Crippen molar-refractivity contribution in [3.05, 3.63) is 34.4 Å². The molecule has 1 unspecified atom stereocenters. The summed E-state index contributed by atoms with van der Waals surface area (Å²) in [5, 5.41) is 0. The molecule has 14 heavy (non-hydrogen) atoms. The molecule has 1 aliphatic rings. The van der Waals surface area contributed by atoms with Gasteiger partial charge in [-0.2, -0.15) is 0 Å². The van der Waals surface area contributed by atoms with Crippen LogP contribution in [0.4, 0.5) is 0 Å². The van der Waals surface area contributed by atoms with Gasteiger partial charge >= 0.3 is 0 Å². The highest BCUT2D eigenvalue weighted by Crippen LogP contribution is 2.22. The minimum Gasteiger partial charge on any atom is -0.373 e. The van der Waals surface area contributed by atoms with Gasteiger partial charge in [-0.15, -0.1) is 0 Å². The number of hydrogen-bond acceptors (Lipinski definition) is 1. The molecule has 1 aromatic rings. The summed E-state index contributed by atoms with van der Waals surface area (Å²) in [6.07, 6.45) is 2.91. The summed E-state index contributed by atoms with van der Waals surface area (Å²) in [7, 11) is 0. The molecule has 0 aliphatic carbocycles. The third-order valence-corrected chi connectivity index (χ3v) is 2.96. The first-order valence-electron chi connectivity index (χ1n) is 5.35. The van der Waals surface area contributed by atoms with Crippen LogP contribution in [0.5, 0.6) is 0 Å². The predicted molar refractivity (Wildman–Crippen MR) is 58.7 cm³/mol. The van der Waals surface area contributed by atoms with Crippen molar-refractivity contribution in [2.45, 2.75) is 39.7 Å². The van der Waals surface area contributed by atoms with E-state index in [2.05, 4.69) is 32.9 Å². The predicted octanol–water partition coefficient (Wildman–Crippen LogP) is 2.94. The molecule has 0 aromatic heterocycles. The number of ether oxygens (including phenoxy) is 1. The lowest BCUT2D eigenvalue weighted by Crippen LogP contribution is -1.98. The molecule has 1 fully saturated rings. The summed E-state index contributed by atoms with van der Waals surface area (Å²) in [6.45, 7) is 7.56. The van der Waals surface area contributed by atoms with Gasteiger partial charge in [0.25, 0.3) is 0 Å². The molecule has 0 bridgehead atoms. The van der Waals surface area contributed by atoms with E-state index in [9.17, 15) is 0 Å². The molecule has 1 aliphatic heterocycles. The van der Waals surface area contributed by atoms with Crippen LogP contribution in [0.15, 0.2) is 12.1 Å². The van der Waals surface area contributed by atoms with E-state index in [1.807, 2.05) is 0 Å². The summed E-state index contributed by atoms with van der Waals surface area (Å²) in [5.74, 6) is 0. The van der Waals surface area contributed by atoms with Crippen LogP contribution < -0.4 is 0 Å². The maximum Gasteiger partial charge on any atom is 0.0813 e. The molecule has 1 heteroatoms. The van der Waals surface area contributed by atoms with Gasteiger partial charge in [-0.05, 0) is 50.3 Å². The Morgan fingerprint density at radius 2 is 1.79 bits per heavy atom. The van der Waals surface area contributed by atoms with Crippen LogP contribution in [0.1, 0.15) is 28.7 Å². The molecular weight excluding hydrogens is 172 g/mol. The molecule has 0 amide bonds. The first-order valence-corrected chi connectivity index (χ1v) is 5.35. The van der Waals surface area contributed by atoms with Crippen LogP contribution in [-0.2, 0) is 11.2 Å². The highest BCUT2D eigenvalue weighted by Gasteiger charge is 2.22. The molecule has 0 radical (unpaired) electrons. The van der Waals surface area contributed by atoms with Gasteiger partial charge in [0, 0.05) is 0 Å². The molecule has 2 rings (SSSR count). The van der Waals surface area contributed by atoms with E-state index in [1.54, 1.807) is 0 Å². The maximum atomic E-state index is 5.23. The molecule has 0 spiro atoms. The summed E-state index contributed by atoms with van der Waals surface area (Å²) in [4.78, 5) is 0. The maximum absolute atomic E-state index is 5.23. The fraction of sp³-hybridized carbons (Fsp3) is 0.538. The van der Waals surface area contributed by atoms with Gasteiger partial charge in [-0.25, -0.2) is 0 Å². The lowest BCUT2D eigenvalue weighted by atomic mass is 9.96. The van der Waals surface area contributed by atoms with E-state index < -0.39 is 0 Å². The van der Waals surface area contributed by atoms with Crippen LogP contribution in [0, 0.1) is 20.8 Å². The summed E-state index contributed by atoms with van der Waals surface area (Å²) < 4.78 is 5.23. The third kappa shape index (κ3) is 2.16. The molecule has 1 heterocycles. The normalized spacial score (nSPS) is 19.8. The fourth-order valence-electron chi connectivity index (χ4n) is 2.14. The topological polar surface area (TPSA) is 12.5 Å². The van der Waals surface area contributed by atoms with Crippen molar-refractivity contribution in [3.8, 4) is 0 Å². The van der Waals surface area contributed by atoms with Gasteiger partial charge in [0.2, 0.25) is 0 Å². The Morgan fingerprint density at radius 1 is 1.21 bits per heavy atom. The van der Waals surface area contributed by atoms with Crippen LogP contribution in [0.25, 0.3) is 0 Å². The minimum absolute atomic E-state index is 0.551. The second-order valence-electron chi connectivity index (χ2n) is 4.37. The minimum atomic E-state index is 0.551. The fourth-order valence-corrected chi connectivity index (χ4v) is 2.14. The zero-order chi connectivity index (χ0) is 10.1. The molecule has 1 aromatic carbocycles. The molecule has 0 N–H and O–H groups in total. The van der Waals surface area contributed by atoms with Crippen molar-refractivity contribution in [1.29, 1.82) is 0 Å². The van der Waals surface area contributed by atoms with E-state index in [-0.39, 0.29) is 0 Å². The summed E-state index contributed by atoms with van der Waals surface area (Å²) in [6, 6.07) is 4.55. The second kappa shape index (κ2) is 3.74. The van der Waals surface area contributed by atoms with Gasteiger partial charge in [0.1, 0.15) is 0 Å². The second-order valence-corrected chi connectivity index (χ2v) is 4.37. The van der Waals surface area contributed by atoms with Gasteiger partial charge in [-0.1, -0.05) is 17.7 Å². The van der Waals surface area contributed by atoms with Crippen molar-refractivity contribution in [2.75, 3.05) is 6.61 Å². The van der Waals surface area contributed by atoms with Gasteiger partial charge in [0.05, 0.1) is 12.7 Å². The van der Waals surface area contributed by atoms with E-state index in [1.165, 1.54) is 35.1 Å². The Hall–Kier alpha value is -0.820. The zero-order valence-electron chi connectivity index (χ0n) is 9.26. The standard InChI is InChI=1S/C13H18O/c1-9-6-10(2)13(11(3)7-9)5-4-12-8-14-12/h6-7,12H,4-5,8H2,1-3H3. The smallest absolute Gasteiger partial charge is 0.0813 e. The van der Waals surface area contributed by atoms with Crippen molar-refractivity contribution in [3.63, 3.8) is 0 Å². The Morgan fingerprint density at radius 3 is 2.29 bits per heavy atom.